The Kier molecular flexibility index (Phi) is 3.12. The highest BCUT2D eigenvalue weighted by Gasteiger charge is 2.10. The monoisotopic (exact) mass is 303 g/mol. The quantitative estimate of drug-likeness (QED) is 0.569. The van der Waals surface area contributed by atoms with Crippen molar-refractivity contribution < 1.29 is 4.79 Å². The van der Waals surface area contributed by atoms with E-state index < -0.39 is 0 Å². The molecule has 6 nitrogen and oxygen atoms in total. The van der Waals surface area contributed by atoms with Crippen LogP contribution in [0.1, 0.15) is 0 Å². The molecule has 0 saturated carbocycles. The molecule has 0 fully saturated rings. The number of nitrogens with zero attached hydrogens (tertiary/aromatic N) is 3. The first-order valence-corrected chi connectivity index (χ1v) is 7.14. The SMILES string of the molecule is O=CNc1cccc2[nH]c(-c3cnn(-c4ccccc4)c3)nc12. The van der Waals surface area contributed by atoms with Crippen molar-refractivity contribution in [1.82, 2.24) is 19.7 Å². The summed E-state index contributed by atoms with van der Waals surface area (Å²) < 4.78 is 1.80. The molecule has 0 aliphatic heterocycles. The Labute approximate surface area is 131 Å². The number of rotatable bonds is 4. The Morgan fingerprint density at radius 2 is 1.96 bits per heavy atom. The van der Waals surface area contributed by atoms with Crippen molar-refractivity contribution in [2.45, 2.75) is 0 Å². The van der Waals surface area contributed by atoms with Gasteiger partial charge in [0.2, 0.25) is 6.41 Å². The Morgan fingerprint density at radius 1 is 1.09 bits per heavy atom. The maximum absolute atomic E-state index is 10.7. The van der Waals surface area contributed by atoms with E-state index in [1.54, 1.807) is 10.9 Å². The highest BCUT2D eigenvalue weighted by Crippen LogP contribution is 2.25. The average molecular weight is 303 g/mol. The van der Waals surface area contributed by atoms with Crippen LogP contribution in [-0.4, -0.2) is 26.2 Å². The van der Waals surface area contributed by atoms with Crippen LogP contribution in [-0.2, 0) is 4.79 Å². The lowest BCUT2D eigenvalue weighted by Crippen LogP contribution is -1.94. The fraction of sp³-hybridized carbons (Fsp3) is 0. The molecule has 2 heterocycles. The summed E-state index contributed by atoms with van der Waals surface area (Å²) in [7, 11) is 0. The summed E-state index contributed by atoms with van der Waals surface area (Å²) in [6.45, 7) is 0. The minimum atomic E-state index is 0.649. The maximum Gasteiger partial charge on any atom is 0.211 e. The molecule has 2 N–H and O–H groups in total. The number of hydrogen-bond acceptors (Lipinski definition) is 3. The zero-order valence-electron chi connectivity index (χ0n) is 12.1. The molecule has 0 radical (unpaired) electrons. The standard InChI is InChI=1S/C17H13N5O/c23-11-18-14-7-4-8-15-16(14)21-17(20-15)12-9-19-22(10-12)13-5-2-1-3-6-13/h1-11H,(H,18,23)(H,20,21). The molecule has 4 aromatic rings. The first-order valence-electron chi connectivity index (χ1n) is 7.14. The van der Waals surface area contributed by atoms with Gasteiger partial charge in [-0.3, -0.25) is 4.79 Å². The third kappa shape index (κ3) is 2.36. The maximum atomic E-state index is 10.7. The highest BCUT2D eigenvalue weighted by molar-refractivity contribution is 5.94. The van der Waals surface area contributed by atoms with E-state index in [4.69, 9.17) is 0 Å². The Morgan fingerprint density at radius 3 is 2.78 bits per heavy atom. The number of hydrogen-bond donors (Lipinski definition) is 2. The second-order valence-corrected chi connectivity index (χ2v) is 5.06. The number of aromatic amines is 1. The van der Waals surface area contributed by atoms with Gasteiger partial charge in [0.25, 0.3) is 0 Å². The first-order chi connectivity index (χ1) is 11.3. The van der Waals surface area contributed by atoms with Gasteiger partial charge in [-0.2, -0.15) is 5.10 Å². The Bertz CT molecular complexity index is 971. The normalized spacial score (nSPS) is 10.8. The summed E-state index contributed by atoms with van der Waals surface area (Å²) in [5, 5.41) is 7.04. The minimum absolute atomic E-state index is 0.649. The average Bonchev–Trinajstić information content (AvgIpc) is 3.23. The second-order valence-electron chi connectivity index (χ2n) is 5.06. The fourth-order valence-corrected chi connectivity index (χ4v) is 2.52. The first kappa shape index (κ1) is 13.3. The summed E-state index contributed by atoms with van der Waals surface area (Å²) in [4.78, 5) is 18.5. The van der Waals surface area contributed by atoms with Crippen LogP contribution in [0.3, 0.4) is 0 Å². The van der Waals surface area contributed by atoms with E-state index in [-0.39, 0.29) is 0 Å². The summed E-state index contributed by atoms with van der Waals surface area (Å²) >= 11 is 0. The summed E-state index contributed by atoms with van der Waals surface area (Å²) in [6.07, 6.45) is 4.33. The fourth-order valence-electron chi connectivity index (χ4n) is 2.52. The molecule has 2 aromatic heterocycles. The van der Waals surface area contributed by atoms with Gasteiger partial charge in [-0.15, -0.1) is 0 Å². The molecule has 1 amide bonds. The summed E-state index contributed by atoms with van der Waals surface area (Å²) in [5.74, 6) is 0.710. The molecule has 2 aromatic carbocycles. The van der Waals surface area contributed by atoms with Crippen LogP contribution in [0.25, 0.3) is 28.1 Å². The third-order valence-electron chi connectivity index (χ3n) is 3.60. The predicted molar refractivity (Wildman–Crippen MR) is 88.3 cm³/mol. The number of amides is 1. The number of nitrogens with one attached hydrogen (secondary N) is 2. The molecule has 0 bridgehead atoms. The summed E-state index contributed by atoms with van der Waals surface area (Å²) in [5.41, 5.74) is 4.12. The molecule has 0 saturated heterocycles. The molecule has 0 atom stereocenters. The number of para-hydroxylation sites is 2. The minimum Gasteiger partial charge on any atom is -0.338 e. The van der Waals surface area contributed by atoms with Crippen molar-refractivity contribution in [3.63, 3.8) is 0 Å². The van der Waals surface area contributed by atoms with Crippen molar-refractivity contribution in [3.05, 3.63) is 60.9 Å². The van der Waals surface area contributed by atoms with Gasteiger partial charge in [-0.05, 0) is 24.3 Å². The molecular weight excluding hydrogens is 290 g/mol. The molecule has 6 heteroatoms. The number of imidazole rings is 1. The number of aromatic nitrogens is 4. The van der Waals surface area contributed by atoms with E-state index in [1.165, 1.54) is 0 Å². The van der Waals surface area contributed by atoms with Gasteiger partial charge in [0.05, 0.1) is 28.7 Å². The van der Waals surface area contributed by atoms with E-state index in [1.807, 2.05) is 54.7 Å². The number of benzene rings is 2. The molecule has 23 heavy (non-hydrogen) atoms. The van der Waals surface area contributed by atoms with Crippen molar-refractivity contribution >= 4 is 23.1 Å². The number of carbonyl (C=O) groups is 1. The van der Waals surface area contributed by atoms with E-state index in [9.17, 15) is 4.79 Å². The van der Waals surface area contributed by atoms with Crippen LogP contribution in [0.4, 0.5) is 5.69 Å². The number of H-pyrrole nitrogens is 1. The van der Waals surface area contributed by atoms with Crippen LogP contribution in [0.15, 0.2) is 60.9 Å². The lowest BCUT2D eigenvalue weighted by molar-refractivity contribution is -0.105. The highest BCUT2D eigenvalue weighted by atomic mass is 16.1. The lowest BCUT2D eigenvalue weighted by atomic mass is 10.3. The zero-order chi connectivity index (χ0) is 15.6. The second kappa shape index (κ2) is 5.42. The molecule has 0 aliphatic rings. The van der Waals surface area contributed by atoms with Gasteiger partial charge in [-0.1, -0.05) is 24.3 Å². The van der Waals surface area contributed by atoms with Crippen molar-refractivity contribution in [2.75, 3.05) is 5.32 Å². The van der Waals surface area contributed by atoms with Crippen molar-refractivity contribution in [3.8, 4) is 17.1 Å². The molecular formula is C17H13N5O. The van der Waals surface area contributed by atoms with Gasteiger partial charge >= 0.3 is 0 Å². The van der Waals surface area contributed by atoms with Crippen LogP contribution in [0.2, 0.25) is 0 Å². The predicted octanol–water partition coefficient (Wildman–Crippen LogP) is 2.98. The Balaban J connectivity index is 1.76. The largest absolute Gasteiger partial charge is 0.338 e. The summed E-state index contributed by atoms with van der Waals surface area (Å²) in [6, 6.07) is 15.5. The van der Waals surface area contributed by atoms with Crippen molar-refractivity contribution in [1.29, 1.82) is 0 Å². The van der Waals surface area contributed by atoms with Crippen LogP contribution in [0.5, 0.6) is 0 Å². The van der Waals surface area contributed by atoms with Crippen LogP contribution in [0, 0.1) is 0 Å². The molecule has 4 rings (SSSR count). The van der Waals surface area contributed by atoms with Crippen molar-refractivity contribution in [2.24, 2.45) is 0 Å². The van der Waals surface area contributed by atoms with Gasteiger partial charge in [0, 0.05) is 6.20 Å². The van der Waals surface area contributed by atoms with E-state index in [0.717, 1.165) is 22.3 Å². The smallest absolute Gasteiger partial charge is 0.211 e. The number of anilines is 1. The van der Waals surface area contributed by atoms with Gasteiger partial charge < -0.3 is 10.3 Å². The van der Waals surface area contributed by atoms with E-state index in [2.05, 4.69) is 20.4 Å². The van der Waals surface area contributed by atoms with Crippen LogP contribution < -0.4 is 5.32 Å². The molecule has 0 unspecified atom stereocenters. The van der Waals surface area contributed by atoms with Gasteiger partial charge in [-0.25, -0.2) is 9.67 Å². The van der Waals surface area contributed by atoms with Gasteiger partial charge in [0.1, 0.15) is 11.3 Å². The molecule has 112 valence electrons. The van der Waals surface area contributed by atoms with Crippen LogP contribution >= 0.6 is 0 Å². The molecule has 0 spiro atoms. The lowest BCUT2D eigenvalue weighted by Gasteiger charge is -1.98. The topological polar surface area (TPSA) is 75.6 Å². The van der Waals surface area contributed by atoms with E-state index >= 15 is 0 Å². The molecule has 0 aliphatic carbocycles. The third-order valence-corrected chi connectivity index (χ3v) is 3.60. The number of carbonyl (C=O) groups excluding carboxylic acids is 1. The van der Waals surface area contributed by atoms with E-state index in [0.29, 0.717) is 17.9 Å². The Hall–Kier alpha value is -3.41. The zero-order valence-corrected chi connectivity index (χ0v) is 12.1. The number of fused-ring (bicyclic) bond motifs is 1. The van der Waals surface area contributed by atoms with Gasteiger partial charge in [0.15, 0.2) is 0 Å².